The Bertz CT molecular complexity index is 581. The zero-order valence-electron chi connectivity index (χ0n) is 16.3. The fraction of sp³-hybridized carbons (Fsp3) is 0.650. The average Bonchev–Trinajstić information content (AvgIpc) is 2.90. The normalized spacial score (nSPS) is 15.1. The fourth-order valence-electron chi connectivity index (χ4n) is 3.01. The maximum atomic E-state index is 12.8. The number of benzene rings is 1. The van der Waals surface area contributed by atoms with Gasteiger partial charge in [0.05, 0.1) is 5.69 Å². The van der Waals surface area contributed by atoms with Gasteiger partial charge < -0.3 is 9.64 Å². The molecule has 0 saturated heterocycles. The lowest BCUT2D eigenvalue weighted by Gasteiger charge is -2.25. The minimum atomic E-state index is -0.205. The standard InChI is InChI=1S/C20H32N2O2S/c1-6-8-13-22(14-9-7-2)25-19(23)21(5)17-12-10-11-16-15-20(3,4)24-18(16)17/h10-12H,6-9,13-15H2,1-5H3. The third-order valence-electron chi connectivity index (χ3n) is 4.43. The minimum Gasteiger partial charge on any atom is -0.485 e. The van der Waals surface area contributed by atoms with Crippen LogP contribution in [0.25, 0.3) is 0 Å². The van der Waals surface area contributed by atoms with Crippen molar-refractivity contribution in [2.24, 2.45) is 0 Å². The molecular weight excluding hydrogens is 332 g/mol. The fourth-order valence-corrected chi connectivity index (χ4v) is 3.89. The molecule has 0 fully saturated rings. The van der Waals surface area contributed by atoms with Crippen LogP contribution in [0, 0.1) is 0 Å². The van der Waals surface area contributed by atoms with Crippen LogP contribution in [0.4, 0.5) is 10.5 Å². The van der Waals surface area contributed by atoms with Crippen LogP contribution in [0.1, 0.15) is 58.9 Å². The molecule has 0 radical (unpaired) electrons. The Morgan fingerprint density at radius 2 is 1.84 bits per heavy atom. The molecule has 1 aromatic carbocycles. The van der Waals surface area contributed by atoms with Gasteiger partial charge in [-0.1, -0.05) is 38.8 Å². The van der Waals surface area contributed by atoms with E-state index >= 15 is 0 Å². The van der Waals surface area contributed by atoms with Crippen molar-refractivity contribution >= 4 is 22.9 Å². The highest BCUT2D eigenvalue weighted by atomic mass is 32.2. The lowest BCUT2D eigenvalue weighted by molar-refractivity contribution is 0.139. The predicted molar refractivity (Wildman–Crippen MR) is 108 cm³/mol. The molecule has 0 N–H and O–H groups in total. The summed E-state index contributed by atoms with van der Waals surface area (Å²) in [5.41, 5.74) is 1.84. The van der Waals surface area contributed by atoms with E-state index in [9.17, 15) is 4.79 Å². The van der Waals surface area contributed by atoms with E-state index in [0.29, 0.717) is 0 Å². The summed E-state index contributed by atoms with van der Waals surface area (Å²) in [5, 5.41) is 0.0499. The second-order valence-electron chi connectivity index (χ2n) is 7.36. The first-order valence-electron chi connectivity index (χ1n) is 9.39. The van der Waals surface area contributed by atoms with E-state index in [4.69, 9.17) is 4.74 Å². The van der Waals surface area contributed by atoms with Crippen LogP contribution < -0.4 is 9.64 Å². The molecule has 1 aliphatic heterocycles. The predicted octanol–water partition coefficient (Wildman–Crippen LogP) is 5.51. The van der Waals surface area contributed by atoms with Crippen LogP contribution >= 0.6 is 11.9 Å². The van der Waals surface area contributed by atoms with Gasteiger partial charge in [-0.05, 0) is 32.8 Å². The maximum Gasteiger partial charge on any atom is 0.301 e. The van der Waals surface area contributed by atoms with Gasteiger partial charge in [0.2, 0.25) is 0 Å². The number of carbonyl (C=O) groups is 1. The number of rotatable bonds is 8. The first-order chi connectivity index (χ1) is 11.9. The molecule has 0 spiro atoms. The summed E-state index contributed by atoms with van der Waals surface area (Å²) in [6.07, 6.45) is 5.40. The number of fused-ring (bicyclic) bond motifs is 1. The molecule has 140 valence electrons. The molecule has 0 saturated carbocycles. The van der Waals surface area contributed by atoms with Crippen molar-refractivity contribution in [3.8, 4) is 5.75 Å². The Labute approximate surface area is 157 Å². The molecule has 5 heteroatoms. The van der Waals surface area contributed by atoms with E-state index in [-0.39, 0.29) is 10.8 Å². The Morgan fingerprint density at radius 1 is 1.20 bits per heavy atom. The van der Waals surface area contributed by atoms with E-state index < -0.39 is 0 Å². The zero-order valence-corrected chi connectivity index (χ0v) is 17.1. The van der Waals surface area contributed by atoms with Crippen molar-refractivity contribution < 1.29 is 9.53 Å². The van der Waals surface area contributed by atoms with Gasteiger partial charge >= 0.3 is 5.24 Å². The molecule has 1 heterocycles. The quantitative estimate of drug-likeness (QED) is 0.570. The number of anilines is 1. The van der Waals surface area contributed by atoms with E-state index in [0.717, 1.165) is 56.6 Å². The summed E-state index contributed by atoms with van der Waals surface area (Å²) in [6, 6.07) is 6.08. The summed E-state index contributed by atoms with van der Waals surface area (Å²) in [4.78, 5) is 14.6. The SMILES string of the molecule is CCCCN(CCCC)SC(=O)N(C)c1cccc2c1OC(C)(C)C2. The largest absolute Gasteiger partial charge is 0.485 e. The maximum absolute atomic E-state index is 12.8. The topological polar surface area (TPSA) is 32.8 Å². The molecule has 1 aliphatic rings. The minimum absolute atomic E-state index is 0.0499. The number of hydrogen-bond acceptors (Lipinski definition) is 4. The van der Waals surface area contributed by atoms with Crippen LogP contribution in [0.2, 0.25) is 0 Å². The van der Waals surface area contributed by atoms with Gasteiger partial charge in [-0.15, -0.1) is 0 Å². The summed E-state index contributed by atoms with van der Waals surface area (Å²) in [5.74, 6) is 0.859. The van der Waals surface area contributed by atoms with Gasteiger partial charge in [0.15, 0.2) is 0 Å². The van der Waals surface area contributed by atoms with Crippen molar-refractivity contribution in [1.82, 2.24) is 4.31 Å². The smallest absolute Gasteiger partial charge is 0.301 e. The third kappa shape index (κ3) is 5.38. The Morgan fingerprint density at radius 3 is 2.44 bits per heavy atom. The van der Waals surface area contributed by atoms with E-state index in [1.165, 1.54) is 17.5 Å². The monoisotopic (exact) mass is 364 g/mol. The number of para-hydroxylation sites is 1. The van der Waals surface area contributed by atoms with Crippen molar-refractivity contribution in [2.75, 3.05) is 25.0 Å². The molecule has 1 aromatic rings. The highest BCUT2D eigenvalue weighted by Gasteiger charge is 2.33. The van der Waals surface area contributed by atoms with Crippen molar-refractivity contribution in [3.05, 3.63) is 23.8 Å². The van der Waals surface area contributed by atoms with Crippen LogP contribution in [-0.4, -0.2) is 35.3 Å². The third-order valence-corrected chi connectivity index (χ3v) is 5.49. The molecule has 4 nitrogen and oxygen atoms in total. The lowest BCUT2D eigenvalue weighted by Crippen LogP contribution is -2.29. The van der Waals surface area contributed by atoms with Gasteiger partial charge in [-0.3, -0.25) is 4.79 Å². The Kier molecular flexibility index (Phi) is 7.20. The van der Waals surface area contributed by atoms with Crippen LogP contribution in [0.3, 0.4) is 0 Å². The zero-order chi connectivity index (χ0) is 18.4. The summed E-state index contributed by atoms with van der Waals surface area (Å²) < 4.78 is 8.32. The van der Waals surface area contributed by atoms with E-state index in [2.05, 4.69) is 38.1 Å². The Balaban J connectivity index is 2.08. The first kappa shape index (κ1) is 20.1. The van der Waals surface area contributed by atoms with Gasteiger partial charge in [0.25, 0.3) is 0 Å². The number of nitrogens with zero attached hydrogens (tertiary/aromatic N) is 2. The molecule has 0 aromatic heterocycles. The second-order valence-corrected chi connectivity index (χ2v) is 8.40. The van der Waals surface area contributed by atoms with E-state index in [1.54, 1.807) is 4.90 Å². The van der Waals surface area contributed by atoms with Gasteiger partial charge in [0, 0.05) is 44.1 Å². The highest BCUT2D eigenvalue weighted by Crippen LogP contribution is 2.42. The molecule has 0 atom stereocenters. The first-order valence-corrected chi connectivity index (χ1v) is 10.2. The molecule has 0 bridgehead atoms. The van der Waals surface area contributed by atoms with E-state index in [1.807, 2.05) is 19.2 Å². The molecule has 0 unspecified atom stereocenters. The number of hydrogen-bond donors (Lipinski definition) is 0. The summed E-state index contributed by atoms with van der Waals surface area (Å²) in [6.45, 7) is 10.5. The number of carbonyl (C=O) groups excluding carboxylic acids is 1. The van der Waals surface area contributed by atoms with Crippen molar-refractivity contribution in [3.63, 3.8) is 0 Å². The van der Waals surface area contributed by atoms with Gasteiger partial charge in [0.1, 0.15) is 11.4 Å². The van der Waals surface area contributed by atoms with Gasteiger partial charge in [-0.25, -0.2) is 4.31 Å². The molecule has 1 amide bonds. The van der Waals surface area contributed by atoms with Crippen LogP contribution in [0.15, 0.2) is 18.2 Å². The van der Waals surface area contributed by atoms with Crippen LogP contribution in [0.5, 0.6) is 5.75 Å². The number of ether oxygens (including phenoxy) is 1. The van der Waals surface area contributed by atoms with Crippen LogP contribution in [-0.2, 0) is 6.42 Å². The van der Waals surface area contributed by atoms with Crippen molar-refractivity contribution in [1.29, 1.82) is 0 Å². The number of amides is 1. The molecular formula is C20H32N2O2S. The Hall–Kier alpha value is -1.20. The summed E-state index contributed by atoms with van der Waals surface area (Å²) in [7, 11) is 1.84. The summed E-state index contributed by atoms with van der Waals surface area (Å²) >= 11 is 1.34. The van der Waals surface area contributed by atoms with Gasteiger partial charge in [-0.2, -0.15) is 0 Å². The second kappa shape index (κ2) is 8.95. The molecule has 25 heavy (non-hydrogen) atoms. The lowest BCUT2D eigenvalue weighted by atomic mass is 10.0. The average molecular weight is 365 g/mol. The number of unbranched alkanes of at least 4 members (excludes halogenated alkanes) is 2. The van der Waals surface area contributed by atoms with Crippen molar-refractivity contribution in [2.45, 2.75) is 65.4 Å². The molecule has 0 aliphatic carbocycles. The molecule has 2 rings (SSSR count). The highest BCUT2D eigenvalue weighted by molar-refractivity contribution is 8.11.